The Hall–Kier alpha value is -1.13. The number of nitrogens with one attached hydrogen (secondary N) is 1. The van der Waals surface area contributed by atoms with E-state index < -0.39 is 6.04 Å². The van der Waals surface area contributed by atoms with Crippen molar-refractivity contribution in [2.24, 2.45) is 5.73 Å². The smallest absolute Gasteiger partial charge is 0.241 e. The summed E-state index contributed by atoms with van der Waals surface area (Å²) in [6, 6.07) is 5.10. The summed E-state index contributed by atoms with van der Waals surface area (Å²) in [5.41, 5.74) is 6.18. The number of carbonyl (C=O) groups is 1. The minimum atomic E-state index is -0.500. The molecule has 1 unspecified atom stereocenters. The van der Waals surface area contributed by atoms with E-state index in [-0.39, 0.29) is 24.1 Å². The van der Waals surface area contributed by atoms with Crippen LogP contribution in [0.4, 0.5) is 10.1 Å². The molecule has 0 bridgehead atoms. The molecule has 1 rings (SSSR count). The molecule has 3 N–H and O–H groups in total. The van der Waals surface area contributed by atoms with E-state index in [1.54, 1.807) is 0 Å². The van der Waals surface area contributed by atoms with Gasteiger partial charge in [0, 0.05) is 5.69 Å². The van der Waals surface area contributed by atoms with Crippen molar-refractivity contribution in [3.8, 4) is 0 Å². The van der Waals surface area contributed by atoms with Gasteiger partial charge >= 0.3 is 0 Å². The summed E-state index contributed by atoms with van der Waals surface area (Å²) in [6.07, 6.45) is 1.50. The molecule has 0 radical (unpaired) electrons. The lowest BCUT2D eigenvalue weighted by Crippen LogP contribution is -2.35. The predicted molar refractivity (Wildman–Crippen MR) is 65.2 cm³/mol. The lowest BCUT2D eigenvalue weighted by Gasteiger charge is -2.10. The first kappa shape index (κ1) is 14.9. The number of hydrogen-bond acceptors (Lipinski definition) is 2. The van der Waals surface area contributed by atoms with E-state index in [9.17, 15) is 9.18 Å². The molecule has 0 aliphatic rings. The van der Waals surface area contributed by atoms with E-state index >= 15 is 0 Å². The quantitative estimate of drug-likeness (QED) is 0.857. The second-order valence-corrected chi connectivity index (χ2v) is 3.39. The third-order valence-electron chi connectivity index (χ3n) is 2.05. The van der Waals surface area contributed by atoms with Crippen molar-refractivity contribution in [2.75, 3.05) is 5.32 Å². The first-order chi connectivity index (χ1) is 7.13. The second-order valence-electron chi connectivity index (χ2n) is 3.39. The Bertz CT molecular complexity index is 329. The van der Waals surface area contributed by atoms with Gasteiger partial charge in [-0.05, 0) is 30.7 Å². The Morgan fingerprint density at radius 2 is 2.00 bits per heavy atom. The zero-order valence-electron chi connectivity index (χ0n) is 9.07. The van der Waals surface area contributed by atoms with Gasteiger partial charge in [-0.25, -0.2) is 4.39 Å². The van der Waals surface area contributed by atoms with Gasteiger partial charge in [0.1, 0.15) is 5.82 Å². The zero-order valence-corrected chi connectivity index (χ0v) is 9.89. The van der Waals surface area contributed by atoms with Crippen molar-refractivity contribution < 1.29 is 9.18 Å². The highest BCUT2D eigenvalue weighted by molar-refractivity contribution is 5.94. The second kappa shape index (κ2) is 7.19. The number of hydrogen-bond donors (Lipinski definition) is 2. The molecule has 5 heteroatoms. The standard InChI is InChI=1S/C11H15FN2O.ClH/c1-2-3-10(13)11(15)14-9-6-4-8(12)5-7-9;/h4-7,10H,2-3,13H2,1H3,(H,14,15);1H. The molecule has 0 spiro atoms. The molecule has 0 aliphatic carbocycles. The lowest BCUT2D eigenvalue weighted by atomic mass is 10.1. The number of carbonyl (C=O) groups excluding carboxylic acids is 1. The summed E-state index contributed by atoms with van der Waals surface area (Å²) in [5.74, 6) is -0.561. The summed E-state index contributed by atoms with van der Waals surface area (Å²) >= 11 is 0. The van der Waals surface area contributed by atoms with Gasteiger partial charge in [-0.3, -0.25) is 4.79 Å². The molecular formula is C11H16ClFN2O. The summed E-state index contributed by atoms with van der Waals surface area (Å²) < 4.78 is 12.6. The third-order valence-corrected chi connectivity index (χ3v) is 2.05. The lowest BCUT2D eigenvalue weighted by molar-refractivity contribution is -0.117. The summed E-state index contributed by atoms with van der Waals surface area (Å²) in [4.78, 5) is 11.5. The van der Waals surface area contributed by atoms with Crippen molar-refractivity contribution in [1.29, 1.82) is 0 Å². The molecule has 90 valence electrons. The Balaban J connectivity index is 0.00000225. The van der Waals surface area contributed by atoms with E-state index in [0.717, 1.165) is 6.42 Å². The molecule has 0 saturated heterocycles. The van der Waals surface area contributed by atoms with Crippen LogP contribution in [0.1, 0.15) is 19.8 Å². The van der Waals surface area contributed by atoms with Gasteiger partial charge in [0.25, 0.3) is 0 Å². The van der Waals surface area contributed by atoms with Gasteiger partial charge in [-0.1, -0.05) is 13.3 Å². The molecule has 1 amide bonds. The van der Waals surface area contributed by atoms with Crippen LogP contribution in [0.3, 0.4) is 0 Å². The van der Waals surface area contributed by atoms with Crippen LogP contribution < -0.4 is 11.1 Å². The Morgan fingerprint density at radius 1 is 1.44 bits per heavy atom. The van der Waals surface area contributed by atoms with Gasteiger partial charge in [0.05, 0.1) is 6.04 Å². The Labute approximate surface area is 101 Å². The van der Waals surface area contributed by atoms with Crippen LogP contribution in [0.15, 0.2) is 24.3 Å². The Morgan fingerprint density at radius 3 is 2.50 bits per heavy atom. The third kappa shape index (κ3) is 4.59. The number of nitrogens with two attached hydrogens (primary N) is 1. The van der Waals surface area contributed by atoms with Gasteiger partial charge in [-0.2, -0.15) is 0 Å². The largest absolute Gasteiger partial charge is 0.325 e. The van der Waals surface area contributed by atoms with Crippen LogP contribution in [-0.4, -0.2) is 11.9 Å². The van der Waals surface area contributed by atoms with Crippen molar-refractivity contribution in [1.82, 2.24) is 0 Å². The van der Waals surface area contributed by atoms with Crippen LogP contribution in [-0.2, 0) is 4.79 Å². The molecule has 0 fully saturated rings. The van der Waals surface area contributed by atoms with Crippen LogP contribution in [0, 0.1) is 5.82 Å². The van der Waals surface area contributed by atoms with Crippen molar-refractivity contribution >= 4 is 24.0 Å². The SMILES string of the molecule is CCCC(N)C(=O)Nc1ccc(F)cc1.Cl. The van der Waals surface area contributed by atoms with Gasteiger partial charge in [0.2, 0.25) is 5.91 Å². The van der Waals surface area contributed by atoms with E-state index in [4.69, 9.17) is 5.73 Å². The maximum absolute atomic E-state index is 12.6. The average Bonchev–Trinajstić information content (AvgIpc) is 2.22. The molecule has 1 atom stereocenters. The van der Waals surface area contributed by atoms with E-state index in [1.165, 1.54) is 24.3 Å². The molecule has 1 aromatic carbocycles. The Kier molecular flexibility index (Phi) is 6.69. The van der Waals surface area contributed by atoms with Crippen LogP contribution in [0.25, 0.3) is 0 Å². The number of amides is 1. The minimum absolute atomic E-state index is 0. The molecule has 0 saturated carbocycles. The molecule has 0 aliphatic heterocycles. The number of halogens is 2. The van der Waals surface area contributed by atoms with Crippen molar-refractivity contribution in [3.05, 3.63) is 30.1 Å². The van der Waals surface area contributed by atoms with Crippen LogP contribution >= 0.6 is 12.4 Å². The van der Waals surface area contributed by atoms with Crippen LogP contribution in [0.5, 0.6) is 0 Å². The summed E-state index contributed by atoms with van der Waals surface area (Å²) in [6.45, 7) is 1.96. The van der Waals surface area contributed by atoms with E-state index in [0.29, 0.717) is 12.1 Å². The maximum Gasteiger partial charge on any atom is 0.241 e. The minimum Gasteiger partial charge on any atom is -0.325 e. The normalized spacial score (nSPS) is 11.4. The molecule has 0 heterocycles. The predicted octanol–water partition coefficient (Wildman–Crippen LogP) is 2.31. The zero-order chi connectivity index (χ0) is 11.3. The highest BCUT2D eigenvalue weighted by atomic mass is 35.5. The van der Waals surface area contributed by atoms with Gasteiger partial charge in [-0.15, -0.1) is 12.4 Å². The highest BCUT2D eigenvalue weighted by Gasteiger charge is 2.11. The highest BCUT2D eigenvalue weighted by Crippen LogP contribution is 2.08. The number of anilines is 1. The van der Waals surface area contributed by atoms with Crippen molar-refractivity contribution in [2.45, 2.75) is 25.8 Å². The monoisotopic (exact) mass is 246 g/mol. The van der Waals surface area contributed by atoms with E-state index in [2.05, 4.69) is 5.32 Å². The number of benzene rings is 1. The topological polar surface area (TPSA) is 55.1 Å². The fourth-order valence-corrected chi connectivity index (χ4v) is 1.21. The van der Waals surface area contributed by atoms with Gasteiger partial charge < -0.3 is 11.1 Å². The summed E-state index contributed by atoms with van der Waals surface area (Å²) in [7, 11) is 0. The fourth-order valence-electron chi connectivity index (χ4n) is 1.21. The van der Waals surface area contributed by atoms with Crippen molar-refractivity contribution in [3.63, 3.8) is 0 Å². The molecule has 1 aromatic rings. The average molecular weight is 247 g/mol. The van der Waals surface area contributed by atoms with Crippen LogP contribution in [0.2, 0.25) is 0 Å². The first-order valence-electron chi connectivity index (χ1n) is 4.95. The molecule has 3 nitrogen and oxygen atoms in total. The molecular weight excluding hydrogens is 231 g/mol. The fraction of sp³-hybridized carbons (Fsp3) is 0.364. The maximum atomic E-state index is 12.6. The summed E-state index contributed by atoms with van der Waals surface area (Å²) in [5, 5.41) is 2.62. The first-order valence-corrected chi connectivity index (χ1v) is 4.95. The van der Waals surface area contributed by atoms with Gasteiger partial charge in [0.15, 0.2) is 0 Å². The molecule has 16 heavy (non-hydrogen) atoms. The van der Waals surface area contributed by atoms with E-state index in [1.807, 2.05) is 6.92 Å². The number of rotatable bonds is 4. The molecule has 0 aromatic heterocycles.